The van der Waals surface area contributed by atoms with Crippen molar-refractivity contribution >= 4 is 58.2 Å². The molecular formula is C26H32Cl4N2O2. The number of amides is 2. The number of carbonyl (C=O) groups excluding carboxylic acids is 2. The van der Waals surface area contributed by atoms with E-state index in [1.54, 1.807) is 36.4 Å². The minimum absolute atomic E-state index is 0.118. The van der Waals surface area contributed by atoms with Crippen LogP contribution in [-0.2, 0) is 0 Å². The summed E-state index contributed by atoms with van der Waals surface area (Å²) in [5.74, 6) is -0.236. The number of nitrogens with one attached hydrogen (secondary N) is 2. The summed E-state index contributed by atoms with van der Waals surface area (Å²) in [4.78, 5) is 24.2. The van der Waals surface area contributed by atoms with E-state index < -0.39 is 0 Å². The minimum Gasteiger partial charge on any atom is -0.352 e. The molecule has 0 bridgehead atoms. The third-order valence-corrected chi connectivity index (χ3v) is 7.02. The first-order valence-corrected chi connectivity index (χ1v) is 13.4. The van der Waals surface area contributed by atoms with Crippen LogP contribution in [0.4, 0.5) is 0 Å². The summed E-state index contributed by atoms with van der Waals surface area (Å²) < 4.78 is 0. The van der Waals surface area contributed by atoms with E-state index in [0.29, 0.717) is 44.3 Å². The van der Waals surface area contributed by atoms with Gasteiger partial charge in [-0.1, -0.05) is 97.8 Å². The first-order valence-electron chi connectivity index (χ1n) is 11.8. The van der Waals surface area contributed by atoms with Crippen molar-refractivity contribution < 1.29 is 9.59 Å². The maximum Gasteiger partial charge on any atom is 0.251 e. The standard InChI is InChI=1S/C26H32Cl4N2O2/c27-21-13-11-19(17-23(21)29)25(33)31-15-9-7-5-3-1-2-4-6-8-10-16-32-26(34)20-12-14-22(28)24(30)18-20/h11-14,17-18H,1-10,15-16H2,(H,31,33)(H,32,34). The van der Waals surface area contributed by atoms with Crippen molar-refractivity contribution in [2.45, 2.75) is 64.2 Å². The molecule has 2 rings (SSSR count). The molecular weight excluding hydrogens is 514 g/mol. The van der Waals surface area contributed by atoms with E-state index in [4.69, 9.17) is 46.4 Å². The Morgan fingerprint density at radius 2 is 0.824 bits per heavy atom. The van der Waals surface area contributed by atoms with Crippen molar-refractivity contribution in [1.29, 1.82) is 0 Å². The first kappa shape index (κ1) is 28.8. The highest BCUT2D eigenvalue weighted by Crippen LogP contribution is 2.23. The molecule has 0 fully saturated rings. The van der Waals surface area contributed by atoms with Gasteiger partial charge < -0.3 is 10.6 Å². The molecule has 8 heteroatoms. The second-order valence-corrected chi connectivity index (χ2v) is 9.93. The van der Waals surface area contributed by atoms with Crippen LogP contribution >= 0.6 is 46.4 Å². The second-order valence-electron chi connectivity index (χ2n) is 8.31. The third-order valence-electron chi connectivity index (χ3n) is 5.54. The lowest BCUT2D eigenvalue weighted by Gasteiger charge is -2.07. The molecule has 0 aliphatic heterocycles. The molecule has 0 heterocycles. The molecule has 0 aromatic heterocycles. The number of unbranched alkanes of at least 4 members (excludes halogenated alkanes) is 9. The zero-order valence-electron chi connectivity index (χ0n) is 19.3. The van der Waals surface area contributed by atoms with Crippen LogP contribution in [0.15, 0.2) is 36.4 Å². The minimum atomic E-state index is -0.118. The van der Waals surface area contributed by atoms with Gasteiger partial charge in [0.25, 0.3) is 11.8 Å². The molecule has 0 atom stereocenters. The van der Waals surface area contributed by atoms with E-state index in [-0.39, 0.29) is 11.8 Å². The van der Waals surface area contributed by atoms with Gasteiger partial charge in [0.05, 0.1) is 20.1 Å². The lowest BCUT2D eigenvalue weighted by molar-refractivity contribution is 0.0944. The number of carbonyl (C=O) groups is 2. The Balaban J connectivity index is 1.38. The van der Waals surface area contributed by atoms with Crippen molar-refractivity contribution in [3.05, 3.63) is 67.6 Å². The Kier molecular flexibility index (Phi) is 13.8. The molecule has 2 aromatic rings. The van der Waals surface area contributed by atoms with Crippen molar-refractivity contribution in [3.8, 4) is 0 Å². The fourth-order valence-electron chi connectivity index (χ4n) is 3.55. The zero-order chi connectivity index (χ0) is 24.8. The van der Waals surface area contributed by atoms with Crippen molar-refractivity contribution in [1.82, 2.24) is 10.6 Å². The summed E-state index contributed by atoms with van der Waals surface area (Å²) >= 11 is 23.6. The van der Waals surface area contributed by atoms with Crippen LogP contribution in [0.5, 0.6) is 0 Å². The van der Waals surface area contributed by atoms with Crippen molar-refractivity contribution in [3.63, 3.8) is 0 Å². The van der Waals surface area contributed by atoms with Crippen LogP contribution in [-0.4, -0.2) is 24.9 Å². The fourth-order valence-corrected chi connectivity index (χ4v) is 4.14. The maximum atomic E-state index is 12.1. The first-order chi connectivity index (χ1) is 16.4. The van der Waals surface area contributed by atoms with E-state index in [9.17, 15) is 9.59 Å². The molecule has 0 saturated heterocycles. The molecule has 0 radical (unpaired) electrons. The SMILES string of the molecule is O=C(NCCCCCCCCCCCCNC(=O)c1ccc(Cl)c(Cl)c1)c1ccc(Cl)c(Cl)c1. The Morgan fingerprint density at radius 3 is 1.15 bits per heavy atom. The fraction of sp³-hybridized carbons (Fsp3) is 0.462. The smallest absolute Gasteiger partial charge is 0.251 e. The van der Waals surface area contributed by atoms with Crippen LogP contribution in [0.25, 0.3) is 0 Å². The van der Waals surface area contributed by atoms with Crippen LogP contribution < -0.4 is 10.6 Å². The van der Waals surface area contributed by atoms with Gasteiger partial charge >= 0.3 is 0 Å². The number of benzene rings is 2. The summed E-state index contributed by atoms with van der Waals surface area (Å²) in [5.41, 5.74) is 1.06. The average molecular weight is 546 g/mol. The predicted octanol–water partition coefficient (Wildman–Crippen LogP) is 8.36. The van der Waals surface area contributed by atoms with E-state index in [2.05, 4.69) is 10.6 Å². The largest absolute Gasteiger partial charge is 0.352 e. The highest BCUT2D eigenvalue weighted by molar-refractivity contribution is 6.42. The van der Waals surface area contributed by atoms with Gasteiger partial charge in [0.1, 0.15) is 0 Å². The topological polar surface area (TPSA) is 58.2 Å². The molecule has 0 saturated carbocycles. The summed E-state index contributed by atoms with van der Waals surface area (Å²) in [7, 11) is 0. The molecule has 186 valence electrons. The summed E-state index contributed by atoms with van der Waals surface area (Å²) in [6.07, 6.45) is 11.5. The van der Waals surface area contributed by atoms with Crippen LogP contribution in [0.3, 0.4) is 0 Å². The number of rotatable bonds is 15. The van der Waals surface area contributed by atoms with Gasteiger partial charge in [0.2, 0.25) is 0 Å². The Hall–Kier alpha value is -1.46. The van der Waals surface area contributed by atoms with Crippen LogP contribution in [0.2, 0.25) is 20.1 Å². The quantitative estimate of drug-likeness (QED) is 0.221. The molecule has 34 heavy (non-hydrogen) atoms. The molecule has 4 nitrogen and oxygen atoms in total. The lowest BCUT2D eigenvalue weighted by Crippen LogP contribution is -2.24. The Labute approximate surface area is 222 Å². The number of halogens is 4. The lowest BCUT2D eigenvalue weighted by atomic mass is 10.1. The molecule has 2 amide bonds. The molecule has 2 N–H and O–H groups in total. The van der Waals surface area contributed by atoms with E-state index >= 15 is 0 Å². The second kappa shape index (κ2) is 16.3. The van der Waals surface area contributed by atoms with Crippen molar-refractivity contribution in [2.75, 3.05) is 13.1 Å². The highest BCUT2D eigenvalue weighted by atomic mass is 35.5. The Bertz CT molecular complexity index is 862. The van der Waals surface area contributed by atoms with Gasteiger partial charge in [-0.2, -0.15) is 0 Å². The predicted molar refractivity (Wildman–Crippen MR) is 144 cm³/mol. The average Bonchev–Trinajstić information content (AvgIpc) is 2.82. The third kappa shape index (κ3) is 10.9. The monoisotopic (exact) mass is 544 g/mol. The van der Waals surface area contributed by atoms with E-state index in [1.165, 1.54) is 38.5 Å². The van der Waals surface area contributed by atoms with Gasteiger partial charge in [-0.3, -0.25) is 9.59 Å². The van der Waals surface area contributed by atoms with Crippen LogP contribution in [0, 0.1) is 0 Å². The maximum absolute atomic E-state index is 12.1. The number of hydrogen-bond donors (Lipinski definition) is 2. The molecule has 0 aliphatic rings. The van der Waals surface area contributed by atoms with Crippen LogP contribution in [0.1, 0.15) is 84.9 Å². The molecule has 0 aliphatic carbocycles. The van der Waals surface area contributed by atoms with Gasteiger partial charge in [0, 0.05) is 24.2 Å². The molecule has 0 spiro atoms. The summed E-state index contributed by atoms with van der Waals surface area (Å²) in [6.45, 7) is 1.33. The van der Waals surface area contributed by atoms with Gasteiger partial charge in [0.15, 0.2) is 0 Å². The van der Waals surface area contributed by atoms with E-state index in [1.807, 2.05) is 0 Å². The van der Waals surface area contributed by atoms with Gasteiger partial charge in [-0.15, -0.1) is 0 Å². The number of hydrogen-bond acceptors (Lipinski definition) is 2. The summed E-state index contributed by atoms with van der Waals surface area (Å²) in [5, 5.41) is 7.52. The Morgan fingerprint density at radius 1 is 0.500 bits per heavy atom. The van der Waals surface area contributed by atoms with Gasteiger partial charge in [-0.25, -0.2) is 0 Å². The zero-order valence-corrected chi connectivity index (χ0v) is 22.3. The summed E-state index contributed by atoms with van der Waals surface area (Å²) in [6, 6.07) is 9.81. The molecule has 0 unspecified atom stereocenters. The van der Waals surface area contributed by atoms with E-state index in [0.717, 1.165) is 25.7 Å². The highest BCUT2D eigenvalue weighted by Gasteiger charge is 2.08. The van der Waals surface area contributed by atoms with Gasteiger partial charge in [-0.05, 0) is 49.2 Å². The van der Waals surface area contributed by atoms with Crippen molar-refractivity contribution in [2.24, 2.45) is 0 Å². The molecule has 2 aromatic carbocycles. The normalized spacial score (nSPS) is 10.8.